The second-order valence-electron chi connectivity index (χ2n) is 4.45. The fraction of sp³-hybridized carbons (Fsp3) is 0.118. The van der Waals surface area contributed by atoms with Crippen LogP contribution in [-0.4, -0.2) is 16.2 Å². The maximum absolute atomic E-state index is 11.8. The number of nitrogens with zero attached hydrogens (tertiary/aromatic N) is 1. The van der Waals surface area contributed by atoms with Gasteiger partial charge in [0, 0.05) is 6.42 Å². The molecule has 3 heteroatoms. The first-order valence-corrected chi connectivity index (χ1v) is 6.50. The van der Waals surface area contributed by atoms with Crippen LogP contribution in [0.5, 0.6) is 0 Å². The highest BCUT2D eigenvalue weighted by Crippen LogP contribution is 2.06. The number of carbonyl (C=O) groups excluding carboxylic acids is 1. The third-order valence-electron chi connectivity index (χ3n) is 2.87. The van der Waals surface area contributed by atoms with E-state index >= 15 is 0 Å². The van der Waals surface area contributed by atoms with Crippen molar-refractivity contribution in [3.63, 3.8) is 0 Å². The summed E-state index contributed by atoms with van der Waals surface area (Å²) in [5, 5.41) is 10.5. The predicted octanol–water partition coefficient (Wildman–Crippen LogP) is 3.51. The van der Waals surface area contributed by atoms with Crippen molar-refractivity contribution in [3.8, 4) is 0 Å². The topological polar surface area (TPSA) is 40.5 Å². The van der Waals surface area contributed by atoms with Gasteiger partial charge < -0.3 is 0 Å². The van der Waals surface area contributed by atoms with Crippen molar-refractivity contribution in [2.75, 3.05) is 0 Å². The molecular weight excluding hydrogens is 250 g/mol. The molecule has 0 fully saturated rings. The number of benzene rings is 2. The van der Waals surface area contributed by atoms with Gasteiger partial charge in [0.15, 0.2) is 0 Å². The smallest absolute Gasteiger partial charge is 0.250 e. The molecule has 0 radical (unpaired) electrons. The van der Waals surface area contributed by atoms with Crippen LogP contribution >= 0.6 is 0 Å². The zero-order valence-corrected chi connectivity index (χ0v) is 11.1. The van der Waals surface area contributed by atoms with Crippen molar-refractivity contribution in [1.29, 1.82) is 0 Å². The molecule has 0 aliphatic heterocycles. The van der Waals surface area contributed by atoms with Crippen LogP contribution in [0.15, 0.2) is 66.7 Å². The molecule has 1 N–H and O–H groups in total. The molecule has 0 unspecified atom stereocenters. The van der Waals surface area contributed by atoms with Crippen molar-refractivity contribution in [2.45, 2.75) is 13.0 Å². The molecule has 0 heterocycles. The van der Waals surface area contributed by atoms with E-state index in [0.717, 1.165) is 16.2 Å². The third kappa shape index (κ3) is 4.37. The Bertz CT molecular complexity index is 564. The molecule has 20 heavy (non-hydrogen) atoms. The van der Waals surface area contributed by atoms with E-state index in [1.807, 2.05) is 66.7 Å². The molecule has 2 aromatic rings. The van der Waals surface area contributed by atoms with Crippen molar-refractivity contribution in [1.82, 2.24) is 5.06 Å². The van der Waals surface area contributed by atoms with E-state index in [-0.39, 0.29) is 18.9 Å². The molecule has 2 aromatic carbocycles. The molecule has 0 aromatic heterocycles. The van der Waals surface area contributed by atoms with Crippen LogP contribution in [0, 0.1) is 0 Å². The van der Waals surface area contributed by atoms with Gasteiger partial charge in [-0.05, 0) is 11.1 Å². The lowest BCUT2D eigenvalue weighted by Crippen LogP contribution is -2.26. The first-order chi connectivity index (χ1) is 9.75. The second kappa shape index (κ2) is 7.26. The Labute approximate surface area is 118 Å². The monoisotopic (exact) mass is 267 g/mol. The Balaban J connectivity index is 1.84. The summed E-state index contributed by atoms with van der Waals surface area (Å²) in [6, 6.07) is 19.1. The summed E-state index contributed by atoms with van der Waals surface area (Å²) >= 11 is 0. The van der Waals surface area contributed by atoms with Crippen molar-refractivity contribution >= 4 is 12.0 Å². The number of amides is 1. The van der Waals surface area contributed by atoms with Crippen molar-refractivity contribution in [3.05, 3.63) is 77.9 Å². The number of hydrogen-bond donors (Lipinski definition) is 1. The minimum absolute atomic E-state index is 0.179. The molecule has 3 nitrogen and oxygen atoms in total. The van der Waals surface area contributed by atoms with Crippen LogP contribution < -0.4 is 0 Å². The molecule has 0 aliphatic rings. The van der Waals surface area contributed by atoms with Crippen molar-refractivity contribution in [2.24, 2.45) is 0 Å². The fourth-order valence-electron chi connectivity index (χ4n) is 1.81. The molecule has 0 bridgehead atoms. The van der Waals surface area contributed by atoms with Gasteiger partial charge in [-0.3, -0.25) is 10.0 Å². The van der Waals surface area contributed by atoms with E-state index in [1.165, 1.54) is 0 Å². The zero-order chi connectivity index (χ0) is 14.2. The van der Waals surface area contributed by atoms with Gasteiger partial charge in [0.05, 0.1) is 6.54 Å². The lowest BCUT2D eigenvalue weighted by atomic mass is 10.2. The summed E-state index contributed by atoms with van der Waals surface area (Å²) in [6.45, 7) is 0.207. The first kappa shape index (κ1) is 14.0. The number of hydroxylamine groups is 2. The van der Waals surface area contributed by atoms with Gasteiger partial charge in [0.25, 0.3) is 0 Å². The Morgan fingerprint density at radius 3 is 2.25 bits per heavy atom. The maximum atomic E-state index is 11.8. The summed E-state index contributed by atoms with van der Waals surface area (Å²) in [5.41, 5.74) is 1.93. The van der Waals surface area contributed by atoms with E-state index < -0.39 is 0 Å². The normalized spacial score (nSPS) is 10.7. The summed E-state index contributed by atoms with van der Waals surface area (Å²) in [4.78, 5) is 11.8. The number of hydrogen-bond acceptors (Lipinski definition) is 2. The summed E-state index contributed by atoms with van der Waals surface area (Å²) < 4.78 is 0. The Hall–Kier alpha value is -2.39. The number of rotatable bonds is 5. The molecule has 0 aliphatic carbocycles. The van der Waals surface area contributed by atoms with Gasteiger partial charge >= 0.3 is 0 Å². The average molecular weight is 267 g/mol. The van der Waals surface area contributed by atoms with Crippen LogP contribution in [0.3, 0.4) is 0 Å². The van der Waals surface area contributed by atoms with E-state index in [4.69, 9.17) is 0 Å². The van der Waals surface area contributed by atoms with Crippen LogP contribution in [0.4, 0.5) is 0 Å². The maximum Gasteiger partial charge on any atom is 0.250 e. The van der Waals surface area contributed by atoms with E-state index in [2.05, 4.69) is 0 Å². The lowest BCUT2D eigenvalue weighted by Gasteiger charge is -2.13. The summed E-state index contributed by atoms with van der Waals surface area (Å²) in [7, 11) is 0. The van der Waals surface area contributed by atoms with Crippen LogP contribution in [-0.2, 0) is 11.3 Å². The standard InChI is InChI=1S/C17H17NO2/c19-17(13-7-12-15-8-3-1-4-9-15)18(20)14-16-10-5-2-6-11-16/h1-12,20H,13-14H2/b12-7+. The minimum Gasteiger partial charge on any atom is -0.286 e. The molecule has 0 saturated heterocycles. The van der Waals surface area contributed by atoms with E-state index in [1.54, 1.807) is 6.08 Å². The second-order valence-corrected chi connectivity index (χ2v) is 4.45. The first-order valence-electron chi connectivity index (χ1n) is 6.50. The van der Waals surface area contributed by atoms with E-state index in [9.17, 15) is 10.0 Å². The molecular formula is C17H17NO2. The number of carbonyl (C=O) groups is 1. The molecule has 2 rings (SSSR count). The van der Waals surface area contributed by atoms with Gasteiger partial charge in [0.1, 0.15) is 0 Å². The van der Waals surface area contributed by atoms with Crippen molar-refractivity contribution < 1.29 is 10.0 Å². The fourth-order valence-corrected chi connectivity index (χ4v) is 1.81. The van der Waals surface area contributed by atoms with Gasteiger partial charge in [-0.1, -0.05) is 72.8 Å². The minimum atomic E-state index is -0.318. The highest BCUT2D eigenvalue weighted by atomic mass is 16.5. The van der Waals surface area contributed by atoms with Crippen LogP contribution in [0.1, 0.15) is 17.5 Å². The SMILES string of the molecule is O=C(C/C=C/c1ccccc1)N(O)Cc1ccccc1. The van der Waals surface area contributed by atoms with E-state index in [0.29, 0.717) is 0 Å². The van der Waals surface area contributed by atoms with Gasteiger partial charge in [-0.15, -0.1) is 0 Å². The summed E-state index contributed by atoms with van der Waals surface area (Å²) in [5.74, 6) is -0.318. The molecule has 102 valence electrons. The Kier molecular flexibility index (Phi) is 5.09. The average Bonchev–Trinajstić information content (AvgIpc) is 2.49. The molecule has 0 spiro atoms. The largest absolute Gasteiger partial charge is 0.286 e. The molecule has 1 amide bonds. The van der Waals surface area contributed by atoms with Gasteiger partial charge in [-0.2, -0.15) is 0 Å². The third-order valence-corrected chi connectivity index (χ3v) is 2.87. The lowest BCUT2D eigenvalue weighted by molar-refractivity contribution is -0.166. The highest BCUT2D eigenvalue weighted by Gasteiger charge is 2.09. The van der Waals surface area contributed by atoms with Gasteiger partial charge in [0.2, 0.25) is 5.91 Å². The zero-order valence-electron chi connectivity index (χ0n) is 11.1. The Morgan fingerprint density at radius 2 is 1.60 bits per heavy atom. The molecule has 0 saturated carbocycles. The highest BCUT2D eigenvalue weighted by molar-refractivity contribution is 5.77. The Morgan fingerprint density at radius 1 is 1.00 bits per heavy atom. The summed E-state index contributed by atoms with van der Waals surface area (Å²) in [6.07, 6.45) is 3.80. The van der Waals surface area contributed by atoms with Crippen LogP contribution in [0.25, 0.3) is 6.08 Å². The van der Waals surface area contributed by atoms with Crippen LogP contribution in [0.2, 0.25) is 0 Å². The quantitative estimate of drug-likeness (QED) is 0.665. The molecule has 0 atom stereocenters. The van der Waals surface area contributed by atoms with Gasteiger partial charge in [-0.25, -0.2) is 5.06 Å². The predicted molar refractivity (Wildman–Crippen MR) is 78.9 cm³/mol.